The average Bonchev–Trinajstić information content (AvgIpc) is 3.61. The number of nitrogens with zero attached hydrogens (tertiary/aromatic N) is 2. The van der Waals surface area contributed by atoms with E-state index in [1.165, 1.54) is 66.3 Å². The maximum absolute atomic E-state index is 6.54. The standard InChI is InChI=1S/C52H36N2O/c1-33-13-6-9-19-48(33)54(49-20-10-7-14-34(49)2)41-26-24-36-30-45-46-31-37-27-40(25-23-35(37)29-44(46)47(45)32-38(36)28-41)53(39-15-4-3-5-16-39)50-21-12-18-43-42-17-8-11-22-51(42)55-52(43)50/h3-32H,1-2H3. The van der Waals surface area contributed by atoms with Crippen molar-refractivity contribution in [1.82, 2.24) is 0 Å². The van der Waals surface area contributed by atoms with Gasteiger partial charge in [-0.2, -0.15) is 0 Å². The van der Waals surface area contributed by atoms with Crippen LogP contribution in [0.25, 0.3) is 65.7 Å². The van der Waals surface area contributed by atoms with Gasteiger partial charge >= 0.3 is 0 Å². The predicted octanol–water partition coefficient (Wildman–Crippen LogP) is 15.1. The van der Waals surface area contributed by atoms with E-state index >= 15 is 0 Å². The third-order valence-corrected chi connectivity index (χ3v) is 11.4. The van der Waals surface area contributed by atoms with Crippen LogP contribution in [-0.4, -0.2) is 0 Å². The summed E-state index contributed by atoms with van der Waals surface area (Å²) >= 11 is 0. The van der Waals surface area contributed by atoms with Crippen molar-refractivity contribution >= 4 is 77.6 Å². The second-order valence-corrected chi connectivity index (χ2v) is 14.7. The molecule has 1 aliphatic rings. The summed E-state index contributed by atoms with van der Waals surface area (Å²) in [6.45, 7) is 4.38. The number of furan rings is 1. The summed E-state index contributed by atoms with van der Waals surface area (Å²) in [5.74, 6) is 0. The molecule has 3 heteroatoms. The van der Waals surface area contributed by atoms with E-state index in [-0.39, 0.29) is 0 Å². The number of aryl methyl sites for hydroxylation is 2. The van der Waals surface area contributed by atoms with Crippen LogP contribution < -0.4 is 9.80 Å². The molecule has 1 heterocycles. The first-order valence-electron chi connectivity index (χ1n) is 18.9. The van der Waals surface area contributed by atoms with Gasteiger partial charge in [-0.25, -0.2) is 0 Å². The van der Waals surface area contributed by atoms with E-state index in [1.807, 2.05) is 12.1 Å². The molecule has 0 aliphatic heterocycles. The van der Waals surface area contributed by atoms with Gasteiger partial charge in [0.1, 0.15) is 5.58 Å². The van der Waals surface area contributed by atoms with Crippen molar-refractivity contribution < 1.29 is 4.42 Å². The summed E-state index contributed by atoms with van der Waals surface area (Å²) < 4.78 is 6.54. The highest BCUT2D eigenvalue weighted by Gasteiger charge is 2.26. The Morgan fingerprint density at radius 3 is 1.45 bits per heavy atom. The third kappa shape index (κ3) is 4.97. The molecule has 0 unspecified atom stereocenters. The molecule has 0 amide bonds. The Morgan fingerprint density at radius 1 is 0.345 bits per heavy atom. The molecule has 0 spiro atoms. The van der Waals surface area contributed by atoms with Crippen molar-refractivity contribution in [1.29, 1.82) is 0 Å². The Bertz CT molecular complexity index is 3090. The van der Waals surface area contributed by atoms with Crippen molar-refractivity contribution in [2.75, 3.05) is 9.80 Å². The Labute approximate surface area is 319 Å². The monoisotopic (exact) mass is 704 g/mol. The Kier molecular flexibility index (Phi) is 6.99. The minimum absolute atomic E-state index is 0.884. The zero-order valence-corrected chi connectivity index (χ0v) is 30.6. The number of fused-ring (bicyclic) bond motifs is 9. The molecule has 1 aromatic heterocycles. The highest BCUT2D eigenvalue weighted by atomic mass is 16.3. The summed E-state index contributed by atoms with van der Waals surface area (Å²) in [5.41, 5.74) is 16.2. The molecule has 260 valence electrons. The topological polar surface area (TPSA) is 19.6 Å². The molecule has 3 nitrogen and oxygen atoms in total. The fraction of sp³-hybridized carbons (Fsp3) is 0.0385. The maximum Gasteiger partial charge on any atom is 0.159 e. The minimum Gasteiger partial charge on any atom is -0.454 e. The van der Waals surface area contributed by atoms with E-state index in [0.29, 0.717) is 0 Å². The van der Waals surface area contributed by atoms with E-state index in [1.54, 1.807) is 0 Å². The molecule has 0 N–H and O–H groups in total. The largest absolute Gasteiger partial charge is 0.454 e. The van der Waals surface area contributed by atoms with Gasteiger partial charge in [-0.15, -0.1) is 0 Å². The van der Waals surface area contributed by atoms with E-state index in [0.717, 1.165) is 44.7 Å². The van der Waals surface area contributed by atoms with Crippen LogP contribution in [0.2, 0.25) is 0 Å². The summed E-state index contributed by atoms with van der Waals surface area (Å²) in [6, 6.07) is 65.8. The van der Waals surface area contributed by atoms with Crippen LogP contribution in [0.4, 0.5) is 34.1 Å². The summed E-state index contributed by atoms with van der Waals surface area (Å²) in [7, 11) is 0. The van der Waals surface area contributed by atoms with Crippen LogP contribution in [-0.2, 0) is 0 Å². The van der Waals surface area contributed by atoms with E-state index < -0.39 is 0 Å². The number of hydrogen-bond donors (Lipinski definition) is 0. The lowest BCUT2D eigenvalue weighted by atomic mass is 9.78. The first-order chi connectivity index (χ1) is 27.1. The van der Waals surface area contributed by atoms with Gasteiger partial charge in [0.05, 0.1) is 5.69 Å². The lowest BCUT2D eigenvalue weighted by Crippen LogP contribution is -2.12. The molecule has 10 aromatic rings. The molecule has 1 aliphatic carbocycles. The Balaban J connectivity index is 1.01. The number of para-hydroxylation sites is 5. The van der Waals surface area contributed by atoms with Gasteiger partial charge in [-0.1, -0.05) is 97.1 Å². The zero-order valence-electron chi connectivity index (χ0n) is 30.6. The lowest BCUT2D eigenvalue weighted by molar-refractivity contribution is 0.669. The number of anilines is 6. The lowest BCUT2D eigenvalue weighted by Gasteiger charge is -2.29. The number of benzene rings is 9. The Morgan fingerprint density at radius 2 is 0.836 bits per heavy atom. The smallest absolute Gasteiger partial charge is 0.159 e. The van der Waals surface area contributed by atoms with Crippen molar-refractivity contribution in [3.8, 4) is 22.3 Å². The highest BCUT2D eigenvalue weighted by Crippen LogP contribution is 2.52. The van der Waals surface area contributed by atoms with Gasteiger partial charge in [0.2, 0.25) is 0 Å². The summed E-state index contributed by atoms with van der Waals surface area (Å²) in [5, 5.41) is 7.16. The molecule has 0 atom stereocenters. The van der Waals surface area contributed by atoms with Crippen LogP contribution in [0, 0.1) is 13.8 Å². The summed E-state index contributed by atoms with van der Waals surface area (Å²) in [4.78, 5) is 4.72. The van der Waals surface area contributed by atoms with Crippen molar-refractivity contribution in [3.05, 3.63) is 193 Å². The van der Waals surface area contributed by atoms with Gasteiger partial charge < -0.3 is 14.2 Å². The molecule has 0 bridgehead atoms. The fourth-order valence-electron chi connectivity index (χ4n) is 8.63. The highest BCUT2D eigenvalue weighted by molar-refractivity contribution is 6.13. The molecule has 11 rings (SSSR count). The SMILES string of the molecule is Cc1ccccc1N(c1ccc2cc3c(cc2c1)-c1cc2ccc(N(c4ccccc4)c4cccc5c4oc4ccccc45)cc2cc1-3)c1ccccc1C. The molecule has 0 saturated carbocycles. The minimum atomic E-state index is 0.884. The quantitative estimate of drug-likeness (QED) is 0.172. The van der Waals surface area contributed by atoms with Crippen LogP contribution in [0.5, 0.6) is 0 Å². The Hall–Kier alpha value is -7.10. The number of rotatable bonds is 6. The van der Waals surface area contributed by atoms with E-state index in [2.05, 4.69) is 194 Å². The molecular formula is C52H36N2O. The second-order valence-electron chi connectivity index (χ2n) is 14.7. The van der Waals surface area contributed by atoms with Gasteiger partial charge in [0.25, 0.3) is 0 Å². The molecule has 0 fully saturated rings. The average molecular weight is 705 g/mol. The third-order valence-electron chi connectivity index (χ3n) is 11.4. The summed E-state index contributed by atoms with van der Waals surface area (Å²) in [6.07, 6.45) is 0. The normalized spacial score (nSPS) is 11.8. The molecule has 0 saturated heterocycles. The van der Waals surface area contributed by atoms with Gasteiger partial charge in [0, 0.05) is 39.2 Å². The molecular weight excluding hydrogens is 669 g/mol. The van der Waals surface area contributed by atoms with Crippen LogP contribution >= 0.6 is 0 Å². The van der Waals surface area contributed by atoms with Gasteiger partial charge in [0.15, 0.2) is 5.58 Å². The maximum atomic E-state index is 6.54. The van der Waals surface area contributed by atoms with Crippen molar-refractivity contribution in [3.63, 3.8) is 0 Å². The van der Waals surface area contributed by atoms with Crippen LogP contribution in [0.15, 0.2) is 186 Å². The van der Waals surface area contributed by atoms with Crippen LogP contribution in [0.1, 0.15) is 11.1 Å². The van der Waals surface area contributed by atoms with Crippen molar-refractivity contribution in [2.45, 2.75) is 13.8 Å². The van der Waals surface area contributed by atoms with Crippen molar-refractivity contribution in [2.24, 2.45) is 0 Å². The first-order valence-corrected chi connectivity index (χ1v) is 18.9. The molecule has 0 radical (unpaired) electrons. The zero-order chi connectivity index (χ0) is 36.6. The second kappa shape index (κ2) is 12.2. The van der Waals surface area contributed by atoms with E-state index in [4.69, 9.17) is 4.42 Å². The molecule has 9 aromatic carbocycles. The predicted molar refractivity (Wildman–Crippen MR) is 232 cm³/mol. The number of hydrogen-bond acceptors (Lipinski definition) is 3. The molecule has 55 heavy (non-hydrogen) atoms. The van der Waals surface area contributed by atoms with Crippen LogP contribution in [0.3, 0.4) is 0 Å². The van der Waals surface area contributed by atoms with Gasteiger partial charge in [-0.05, 0) is 154 Å². The van der Waals surface area contributed by atoms with E-state index in [9.17, 15) is 0 Å². The first kappa shape index (κ1) is 31.4. The fourth-order valence-corrected chi connectivity index (χ4v) is 8.63. The van der Waals surface area contributed by atoms with Gasteiger partial charge in [-0.3, -0.25) is 0 Å².